The van der Waals surface area contributed by atoms with E-state index in [1.807, 2.05) is 60.7 Å². The number of carbonyl (C=O) groups excluding carboxylic acids is 1. The van der Waals surface area contributed by atoms with Crippen LogP contribution in [0.5, 0.6) is 5.75 Å². The molecule has 6 heteroatoms. The predicted molar refractivity (Wildman–Crippen MR) is 133 cm³/mol. The van der Waals surface area contributed by atoms with E-state index in [0.29, 0.717) is 34.7 Å². The molecule has 0 saturated heterocycles. The van der Waals surface area contributed by atoms with Gasteiger partial charge in [0.15, 0.2) is 5.43 Å². The second-order valence-corrected chi connectivity index (χ2v) is 8.28. The van der Waals surface area contributed by atoms with Crippen LogP contribution in [0.15, 0.2) is 112 Å². The summed E-state index contributed by atoms with van der Waals surface area (Å²) in [5.41, 5.74) is 2.31. The molecule has 35 heavy (non-hydrogen) atoms. The lowest BCUT2D eigenvalue weighted by atomic mass is 9.98. The number of hydrogen-bond acceptors (Lipinski definition) is 5. The number of hydrogen-bond donors (Lipinski definition) is 0. The topological polar surface area (TPSA) is 72.6 Å². The summed E-state index contributed by atoms with van der Waals surface area (Å²) in [5, 5.41) is 0.440. The molecule has 1 unspecified atom stereocenters. The third kappa shape index (κ3) is 3.65. The zero-order chi connectivity index (χ0) is 23.8. The van der Waals surface area contributed by atoms with Gasteiger partial charge in [-0.3, -0.25) is 14.5 Å². The van der Waals surface area contributed by atoms with Crippen molar-refractivity contribution in [3.05, 3.63) is 136 Å². The summed E-state index contributed by atoms with van der Waals surface area (Å²) in [6, 6.07) is 29.0. The van der Waals surface area contributed by atoms with Gasteiger partial charge in [-0.1, -0.05) is 60.7 Å². The highest BCUT2D eigenvalue weighted by Crippen LogP contribution is 2.40. The Balaban J connectivity index is 1.43. The minimum absolute atomic E-state index is 0.0498. The lowest BCUT2D eigenvalue weighted by molar-refractivity contribution is 0.0970. The van der Waals surface area contributed by atoms with Crippen LogP contribution in [-0.2, 0) is 6.61 Å². The maximum atomic E-state index is 13.6. The third-order valence-corrected chi connectivity index (χ3v) is 6.12. The molecule has 0 aliphatic carbocycles. The smallest absolute Gasteiger partial charge is 0.296 e. The molecule has 5 aromatic rings. The summed E-state index contributed by atoms with van der Waals surface area (Å²) in [5.74, 6) is 0.795. The average molecular weight is 460 g/mol. The predicted octanol–water partition coefficient (Wildman–Crippen LogP) is 5.52. The van der Waals surface area contributed by atoms with Crippen molar-refractivity contribution in [3.8, 4) is 5.75 Å². The first kappa shape index (κ1) is 20.9. The number of carbonyl (C=O) groups is 1. The van der Waals surface area contributed by atoms with Crippen LogP contribution in [0.25, 0.3) is 11.0 Å². The minimum atomic E-state index is -0.670. The number of anilines is 1. The highest BCUT2D eigenvalue weighted by atomic mass is 16.5. The molecule has 3 aromatic carbocycles. The van der Waals surface area contributed by atoms with Crippen molar-refractivity contribution in [2.24, 2.45) is 0 Å². The molecule has 1 amide bonds. The molecule has 170 valence electrons. The van der Waals surface area contributed by atoms with Gasteiger partial charge in [-0.2, -0.15) is 0 Å². The molecule has 6 rings (SSSR count). The van der Waals surface area contributed by atoms with Crippen molar-refractivity contribution in [2.75, 3.05) is 4.90 Å². The molecule has 0 fully saturated rings. The van der Waals surface area contributed by atoms with Crippen molar-refractivity contribution >= 4 is 22.7 Å². The van der Waals surface area contributed by atoms with E-state index in [1.54, 1.807) is 42.6 Å². The van der Waals surface area contributed by atoms with E-state index >= 15 is 0 Å². The van der Waals surface area contributed by atoms with Crippen LogP contribution in [0.4, 0.5) is 5.82 Å². The van der Waals surface area contributed by atoms with Crippen molar-refractivity contribution in [3.63, 3.8) is 0 Å². The van der Waals surface area contributed by atoms with Crippen LogP contribution in [-0.4, -0.2) is 10.9 Å². The van der Waals surface area contributed by atoms with Crippen molar-refractivity contribution < 1.29 is 13.9 Å². The van der Waals surface area contributed by atoms with Gasteiger partial charge in [-0.25, -0.2) is 4.98 Å². The van der Waals surface area contributed by atoms with Crippen molar-refractivity contribution in [2.45, 2.75) is 12.6 Å². The Labute approximate surface area is 201 Å². The molecular weight excluding hydrogens is 440 g/mol. The third-order valence-electron chi connectivity index (χ3n) is 6.12. The number of rotatable bonds is 5. The maximum Gasteiger partial charge on any atom is 0.296 e. The Kier molecular flexibility index (Phi) is 5.11. The second-order valence-electron chi connectivity index (χ2n) is 8.28. The molecule has 1 aliphatic heterocycles. The van der Waals surface area contributed by atoms with E-state index in [4.69, 9.17) is 9.15 Å². The Bertz CT molecular complexity index is 1580. The molecule has 1 aliphatic rings. The van der Waals surface area contributed by atoms with Gasteiger partial charge in [0.25, 0.3) is 5.91 Å². The highest BCUT2D eigenvalue weighted by molar-refractivity contribution is 6.10. The SMILES string of the molecule is O=C1c2oc3ccccc3c(=O)c2C(c2ccc(OCc3ccccc3)cc2)N1c1ccccn1. The Morgan fingerprint density at radius 2 is 1.57 bits per heavy atom. The fourth-order valence-corrected chi connectivity index (χ4v) is 4.45. The molecule has 1 atom stereocenters. The standard InChI is InChI=1S/C29H20N2O4/c32-27-22-10-4-5-11-23(22)35-28-25(27)26(31(29(28)33)24-12-6-7-17-30-24)20-13-15-21(16-14-20)34-18-19-8-2-1-3-9-19/h1-17,26H,18H2. The van der Waals surface area contributed by atoms with Crippen LogP contribution in [0, 0.1) is 0 Å². The zero-order valence-corrected chi connectivity index (χ0v) is 18.6. The molecule has 3 heterocycles. The molecule has 0 N–H and O–H groups in total. The summed E-state index contributed by atoms with van der Waals surface area (Å²) >= 11 is 0. The van der Waals surface area contributed by atoms with E-state index in [1.165, 1.54) is 4.90 Å². The van der Waals surface area contributed by atoms with E-state index < -0.39 is 11.9 Å². The normalized spacial score (nSPS) is 14.8. The van der Waals surface area contributed by atoms with Crippen LogP contribution in [0.3, 0.4) is 0 Å². The molecule has 2 aromatic heterocycles. The fourth-order valence-electron chi connectivity index (χ4n) is 4.45. The molecule has 0 bridgehead atoms. The first-order valence-corrected chi connectivity index (χ1v) is 11.3. The summed E-state index contributed by atoms with van der Waals surface area (Å²) in [4.78, 5) is 33.0. The van der Waals surface area contributed by atoms with Gasteiger partial charge < -0.3 is 9.15 Å². The van der Waals surface area contributed by atoms with Crippen LogP contribution in [0.1, 0.15) is 33.3 Å². The molecule has 0 radical (unpaired) electrons. The van der Waals surface area contributed by atoms with Crippen molar-refractivity contribution in [1.82, 2.24) is 4.98 Å². The van der Waals surface area contributed by atoms with Gasteiger partial charge in [0, 0.05) is 6.20 Å². The lowest BCUT2D eigenvalue weighted by Crippen LogP contribution is -2.30. The zero-order valence-electron chi connectivity index (χ0n) is 18.6. The van der Waals surface area contributed by atoms with Gasteiger partial charge >= 0.3 is 0 Å². The Morgan fingerprint density at radius 3 is 2.34 bits per heavy atom. The number of fused-ring (bicyclic) bond motifs is 2. The van der Waals surface area contributed by atoms with E-state index in [2.05, 4.69) is 4.98 Å². The van der Waals surface area contributed by atoms with Crippen molar-refractivity contribution in [1.29, 1.82) is 0 Å². The summed E-state index contributed by atoms with van der Waals surface area (Å²) in [6.07, 6.45) is 1.62. The van der Waals surface area contributed by atoms with Gasteiger partial charge in [-0.15, -0.1) is 0 Å². The number of nitrogens with zero attached hydrogens (tertiary/aromatic N) is 2. The van der Waals surface area contributed by atoms with E-state index in [0.717, 1.165) is 11.1 Å². The molecule has 6 nitrogen and oxygen atoms in total. The van der Waals surface area contributed by atoms with Gasteiger partial charge in [-0.05, 0) is 47.5 Å². The number of amides is 1. The fraction of sp³-hybridized carbons (Fsp3) is 0.0690. The number of para-hydroxylation sites is 1. The summed E-state index contributed by atoms with van der Waals surface area (Å²) in [7, 11) is 0. The van der Waals surface area contributed by atoms with Crippen LogP contribution in [0.2, 0.25) is 0 Å². The number of aromatic nitrogens is 1. The quantitative estimate of drug-likeness (QED) is 0.345. The molecule has 0 saturated carbocycles. The largest absolute Gasteiger partial charge is 0.489 e. The molecule has 0 spiro atoms. The Hall–Kier alpha value is -4.71. The lowest BCUT2D eigenvalue weighted by Gasteiger charge is -2.24. The number of benzene rings is 3. The first-order chi connectivity index (χ1) is 17.2. The Morgan fingerprint density at radius 1 is 0.829 bits per heavy atom. The molecular formula is C29H20N2O4. The second kappa shape index (κ2) is 8.57. The maximum absolute atomic E-state index is 13.6. The van der Waals surface area contributed by atoms with Gasteiger partial charge in [0.2, 0.25) is 5.76 Å². The van der Waals surface area contributed by atoms with Gasteiger partial charge in [0.1, 0.15) is 23.8 Å². The monoisotopic (exact) mass is 460 g/mol. The minimum Gasteiger partial charge on any atom is -0.489 e. The van der Waals surface area contributed by atoms with E-state index in [-0.39, 0.29) is 11.2 Å². The van der Waals surface area contributed by atoms with E-state index in [9.17, 15) is 9.59 Å². The number of pyridine rings is 1. The first-order valence-electron chi connectivity index (χ1n) is 11.3. The highest BCUT2D eigenvalue weighted by Gasteiger charge is 2.44. The van der Waals surface area contributed by atoms with Crippen LogP contribution >= 0.6 is 0 Å². The number of ether oxygens (including phenoxy) is 1. The summed E-state index contributed by atoms with van der Waals surface area (Å²) in [6.45, 7) is 0.445. The van der Waals surface area contributed by atoms with Crippen LogP contribution < -0.4 is 15.1 Å². The van der Waals surface area contributed by atoms with Gasteiger partial charge in [0.05, 0.1) is 17.0 Å². The summed E-state index contributed by atoms with van der Waals surface area (Å²) < 4.78 is 11.9. The average Bonchev–Trinajstić information content (AvgIpc) is 3.21.